The maximum absolute atomic E-state index is 13.8. The monoisotopic (exact) mass is 469 g/mol. The Hall–Kier alpha value is -3.09. The van der Waals surface area contributed by atoms with Crippen molar-refractivity contribution in [1.82, 2.24) is 5.32 Å². The molecular weight excluding hydrogens is 434 g/mol. The Labute approximate surface area is 201 Å². The van der Waals surface area contributed by atoms with E-state index in [1.807, 2.05) is 65.8 Å². The van der Waals surface area contributed by atoms with Gasteiger partial charge in [-0.05, 0) is 52.5 Å². The van der Waals surface area contributed by atoms with Gasteiger partial charge >= 0.3 is 11.9 Å². The van der Waals surface area contributed by atoms with Gasteiger partial charge in [-0.3, -0.25) is 9.59 Å². The number of nitrogens with one attached hydrogen (secondary N) is 1. The highest BCUT2D eigenvalue weighted by Gasteiger charge is 2.48. The van der Waals surface area contributed by atoms with E-state index in [0.717, 1.165) is 5.70 Å². The zero-order valence-corrected chi connectivity index (χ0v) is 21.1. The van der Waals surface area contributed by atoms with Crippen LogP contribution in [0.2, 0.25) is 0 Å². The Morgan fingerprint density at radius 1 is 1.18 bits per heavy atom. The highest BCUT2D eigenvalue weighted by Crippen LogP contribution is 2.47. The summed E-state index contributed by atoms with van der Waals surface area (Å²) in [5, 5.41) is 3.28. The molecule has 1 aromatic carbocycles. The van der Waals surface area contributed by atoms with E-state index in [0.29, 0.717) is 41.0 Å². The lowest BCUT2D eigenvalue weighted by molar-refractivity contribution is -0.151. The van der Waals surface area contributed by atoms with Gasteiger partial charge in [0.1, 0.15) is 11.7 Å². The van der Waals surface area contributed by atoms with Crippen LogP contribution in [0.3, 0.4) is 0 Å². The van der Waals surface area contributed by atoms with Gasteiger partial charge in [0.05, 0.1) is 30.8 Å². The molecule has 0 saturated carbocycles. The summed E-state index contributed by atoms with van der Waals surface area (Å²) in [6.07, 6.45) is 0.755. The number of dihydropyridines is 1. The van der Waals surface area contributed by atoms with E-state index < -0.39 is 23.8 Å². The fraction of sp³-hybridized carbons (Fsp3) is 0.519. The average Bonchev–Trinajstić information content (AvgIpc) is 2.77. The number of carbonyl (C=O) groups excluding carboxylic acids is 3. The molecule has 0 spiro atoms. The van der Waals surface area contributed by atoms with E-state index in [1.54, 1.807) is 0 Å². The molecule has 3 rings (SSSR count). The molecule has 184 valence electrons. The Morgan fingerprint density at radius 3 is 2.47 bits per heavy atom. The summed E-state index contributed by atoms with van der Waals surface area (Å²) >= 11 is 0. The van der Waals surface area contributed by atoms with Gasteiger partial charge in [-0.2, -0.15) is 0 Å². The molecule has 0 bridgehead atoms. The molecular formula is C27H35NO6. The summed E-state index contributed by atoms with van der Waals surface area (Å²) < 4.78 is 16.7. The second-order valence-corrected chi connectivity index (χ2v) is 9.36. The molecule has 0 radical (unpaired) electrons. The molecule has 1 heterocycles. The number of hydrogen-bond donors (Lipinski definition) is 1. The average molecular weight is 470 g/mol. The maximum Gasteiger partial charge on any atom is 0.337 e. The first-order valence-corrected chi connectivity index (χ1v) is 11.9. The highest BCUT2D eigenvalue weighted by molar-refractivity contribution is 6.12. The van der Waals surface area contributed by atoms with Crippen LogP contribution in [0.4, 0.5) is 0 Å². The third-order valence-electron chi connectivity index (χ3n) is 6.44. The number of ether oxygens (including phenoxy) is 3. The molecule has 0 aromatic heterocycles. The summed E-state index contributed by atoms with van der Waals surface area (Å²) in [5.41, 5.74) is 2.79. The number of esters is 2. The predicted molar refractivity (Wildman–Crippen MR) is 128 cm³/mol. The highest BCUT2D eigenvalue weighted by atomic mass is 16.5. The van der Waals surface area contributed by atoms with E-state index in [2.05, 4.69) is 5.32 Å². The normalized spacial score (nSPS) is 23.3. The van der Waals surface area contributed by atoms with Gasteiger partial charge in [-0.1, -0.05) is 32.0 Å². The fourth-order valence-electron chi connectivity index (χ4n) is 4.67. The first kappa shape index (κ1) is 25.5. The predicted octanol–water partition coefficient (Wildman–Crippen LogP) is 4.43. The van der Waals surface area contributed by atoms with Crippen LogP contribution in [0.25, 0.3) is 0 Å². The molecule has 0 fully saturated rings. The van der Waals surface area contributed by atoms with E-state index >= 15 is 0 Å². The van der Waals surface area contributed by atoms with Crippen molar-refractivity contribution in [2.45, 2.75) is 72.5 Å². The SMILES string of the molecule is CC[C@@H](C)OC(=O)C1=C(C)NC2=C(C(=O)[C@H](C(=O)OC)[C@H](C)C2)[C@H]1c1ccccc1OC(C)C. The van der Waals surface area contributed by atoms with Crippen molar-refractivity contribution >= 4 is 17.7 Å². The van der Waals surface area contributed by atoms with Gasteiger partial charge in [0.15, 0.2) is 5.78 Å². The lowest BCUT2D eigenvalue weighted by Crippen LogP contribution is -2.43. The van der Waals surface area contributed by atoms with Crippen molar-refractivity contribution in [3.05, 3.63) is 52.4 Å². The number of methoxy groups -OCH3 is 1. The quantitative estimate of drug-likeness (QED) is 0.467. The second-order valence-electron chi connectivity index (χ2n) is 9.36. The minimum atomic E-state index is -0.934. The standard InChI is InChI=1S/C27H35NO6/c1-8-16(5)34-27(31)22-17(6)28-19-13-15(4)21(26(30)32-7)25(29)24(19)23(22)18-11-9-10-12-20(18)33-14(2)3/h9-12,14-16,21,23,28H,8,13H2,1-7H3/t15-,16-,21-,23+/m1/s1. The Bertz CT molecular complexity index is 1040. The smallest absolute Gasteiger partial charge is 0.337 e. The zero-order chi connectivity index (χ0) is 25.2. The number of benzene rings is 1. The maximum atomic E-state index is 13.8. The van der Waals surface area contributed by atoms with Crippen LogP contribution in [-0.2, 0) is 23.9 Å². The zero-order valence-electron chi connectivity index (χ0n) is 21.1. The van der Waals surface area contributed by atoms with Gasteiger partial charge in [0, 0.05) is 22.5 Å². The molecule has 34 heavy (non-hydrogen) atoms. The largest absolute Gasteiger partial charge is 0.491 e. The molecule has 7 heteroatoms. The number of para-hydroxylation sites is 1. The topological polar surface area (TPSA) is 90.9 Å². The van der Waals surface area contributed by atoms with E-state index in [-0.39, 0.29) is 23.9 Å². The van der Waals surface area contributed by atoms with Crippen LogP contribution < -0.4 is 10.1 Å². The van der Waals surface area contributed by atoms with Gasteiger partial charge in [0.25, 0.3) is 0 Å². The van der Waals surface area contributed by atoms with Crippen LogP contribution in [0.15, 0.2) is 46.8 Å². The second kappa shape index (κ2) is 10.5. The Morgan fingerprint density at radius 2 is 1.85 bits per heavy atom. The van der Waals surface area contributed by atoms with Crippen molar-refractivity contribution in [3.63, 3.8) is 0 Å². The molecule has 1 N–H and O–H groups in total. The van der Waals surface area contributed by atoms with Crippen molar-refractivity contribution < 1.29 is 28.6 Å². The Kier molecular flexibility index (Phi) is 7.85. The number of carbonyl (C=O) groups is 3. The molecule has 1 aromatic rings. The summed E-state index contributed by atoms with van der Waals surface area (Å²) in [6.45, 7) is 11.3. The number of ketones is 1. The molecule has 2 aliphatic rings. The summed E-state index contributed by atoms with van der Waals surface area (Å²) in [7, 11) is 1.29. The molecule has 7 nitrogen and oxygen atoms in total. The van der Waals surface area contributed by atoms with Crippen molar-refractivity contribution in [3.8, 4) is 5.75 Å². The van der Waals surface area contributed by atoms with Crippen molar-refractivity contribution in [2.24, 2.45) is 11.8 Å². The number of Topliss-reactive ketones (excluding diaryl/α,β-unsaturated/α-hetero) is 1. The van der Waals surface area contributed by atoms with Crippen LogP contribution in [0.1, 0.15) is 65.9 Å². The minimum Gasteiger partial charge on any atom is -0.491 e. The van der Waals surface area contributed by atoms with Gasteiger partial charge in [0.2, 0.25) is 0 Å². The van der Waals surface area contributed by atoms with Crippen molar-refractivity contribution in [1.29, 1.82) is 0 Å². The van der Waals surface area contributed by atoms with Crippen LogP contribution in [-0.4, -0.2) is 37.0 Å². The summed E-state index contributed by atoms with van der Waals surface area (Å²) in [6, 6.07) is 7.40. The number of rotatable bonds is 7. The van der Waals surface area contributed by atoms with Crippen molar-refractivity contribution in [2.75, 3.05) is 7.11 Å². The van der Waals surface area contributed by atoms with E-state index in [4.69, 9.17) is 14.2 Å². The molecule has 1 aliphatic heterocycles. The molecule has 0 saturated heterocycles. The number of hydrogen-bond acceptors (Lipinski definition) is 7. The molecule has 4 atom stereocenters. The molecule has 0 amide bonds. The van der Waals surface area contributed by atoms with E-state index in [1.165, 1.54) is 7.11 Å². The summed E-state index contributed by atoms with van der Waals surface area (Å²) in [5.74, 6) is -2.71. The first-order valence-electron chi connectivity index (χ1n) is 11.9. The minimum absolute atomic E-state index is 0.109. The van der Waals surface area contributed by atoms with Gasteiger partial charge in [-0.15, -0.1) is 0 Å². The molecule has 0 unspecified atom stereocenters. The van der Waals surface area contributed by atoms with Crippen LogP contribution in [0, 0.1) is 11.8 Å². The lowest BCUT2D eigenvalue weighted by Gasteiger charge is -2.38. The van der Waals surface area contributed by atoms with Crippen LogP contribution in [0.5, 0.6) is 5.75 Å². The first-order chi connectivity index (χ1) is 16.1. The van der Waals surface area contributed by atoms with Gasteiger partial charge < -0.3 is 19.5 Å². The van der Waals surface area contributed by atoms with Gasteiger partial charge in [-0.25, -0.2) is 4.79 Å². The van der Waals surface area contributed by atoms with E-state index in [9.17, 15) is 14.4 Å². The molecule has 1 aliphatic carbocycles. The lowest BCUT2D eigenvalue weighted by atomic mass is 9.69. The fourth-order valence-corrected chi connectivity index (χ4v) is 4.67. The van der Waals surface area contributed by atoms with Crippen LogP contribution >= 0.6 is 0 Å². The third-order valence-corrected chi connectivity index (χ3v) is 6.44. The summed E-state index contributed by atoms with van der Waals surface area (Å²) in [4.78, 5) is 39.8. The Balaban J connectivity index is 2.22. The number of allylic oxidation sites excluding steroid dienone is 3. The third kappa shape index (κ3) is 4.88.